The molecule has 4 heteroatoms. The lowest BCUT2D eigenvalue weighted by Crippen LogP contribution is -2.27. The van der Waals surface area contributed by atoms with Gasteiger partial charge >= 0.3 is 0 Å². The van der Waals surface area contributed by atoms with Crippen LogP contribution in [0.3, 0.4) is 0 Å². The third kappa shape index (κ3) is 3.66. The molecular weight excluding hydrogens is 330 g/mol. The fraction of sp³-hybridized carbons (Fsp3) is 0.429. The lowest BCUT2D eigenvalue weighted by molar-refractivity contribution is 0.0876. The molecule has 1 aliphatic carbocycles. The maximum absolute atomic E-state index is 10.9. The summed E-state index contributed by atoms with van der Waals surface area (Å²) in [6.45, 7) is 15.3. The zero-order chi connectivity index (χ0) is 18.2. The van der Waals surface area contributed by atoms with Gasteiger partial charge in [-0.2, -0.15) is 0 Å². The van der Waals surface area contributed by atoms with E-state index in [1.54, 1.807) is 13.8 Å². The lowest BCUT2D eigenvalue weighted by Gasteiger charge is -2.27. The van der Waals surface area contributed by atoms with Crippen LogP contribution in [0.25, 0.3) is 0 Å². The summed E-state index contributed by atoms with van der Waals surface area (Å²) in [5.41, 5.74) is 1.30. The van der Waals surface area contributed by atoms with E-state index in [0.717, 1.165) is 18.8 Å². The molecule has 3 rings (SSSR count). The van der Waals surface area contributed by atoms with Crippen molar-refractivity contribution in [3.05, 3.63) is 69.8 Å². The first-order valence-electron chi connectivity index (χ1n) is 8.73. The first-order chi connectivity index (χ1) is 11.8. The maximum atomic E-state index is 10.9. The Kier molecular flexibility index (Phi) is 5.05. The van der Waals surface area contributed by atoms with Gasteiger partial charge in [0, 0.05) is 17.5 Å². The van der Waals surface area contributed by atoms with Crippen LogP contribution in [0.15, 0.2) is 52.3 Å². The van der Waals surface area contributed by atoms with E-state index < -0.39 is 5.60 Å². The second kappa shape index (κ2) is 6.94. The summed E-state index contributed by atoms with van der Waals surface area (Å²) in [7, 11) is 0. The van der Waals surface area contributed by atoms with E-state index in [9.17, 15) is 5.11 Å². The number of aryl methyl sites for hydroxylation is 1. The van der Waals surface area contributed by atoms with Crippen LogP contribution in [0, 0.1) is 6.92 Å². The number of hydrogen-bond acceptors (Lipinski definition) is 4. The Bertz CT molecular complexity index is 767. The molecule has 25 heavy (non-hydrogen) atoms. The highest BCUT2D eigenvalue weighted by Crippen LogP contribution is 2.37. The second-order valence-electron chi connectivity index (χ2n) is 7.20. The third-order valence-electron chi connectivity index (χ3n) is 4.99. The Morgan fingerprint density at radius 1 is 1.24 bits per heavy atom. The topological polar surface area (TPSA) is 36.6 Å². The summed E-state index contributed by atoms with van der Waals surface area (Å²) in [6.07, 6.45) is 2.50. The quantitative estimate of drug-likeness (QED) is 0.664. The average molecular weight is 358 g/mol. The summed E-state index contributed by atoms with van der Waals surface area (Å²) in [5, 5.41) is 13.1. The molecule has 0 radical (unpaired) electrons. The largest absolute Gasteiger partial charge is 0.461 e. The summed E-state index contributed by atoms with van der Waals surface area (Å²) < 4.78 is 6.02. The Morgan fingerprint density at radius 3 is 2.44 bits per heavy atom. The third-order valence-corrected chi connectivity index (χ3v) is 6.00. The number of nitrogens with zero attached hydrogens (tertiary/aromatic N) is 1. The molecule has 0 unspecified atom stereocenters. The molecule has 0 saturated heterocycles. The Morgan fingerprint density at radius 2 is 1.92 bits per heavy atom. The van der Waals surface area contributed by atoms with E-state index in [1.807, 2.05) is 23.5 Å². The van der Waals surface area contributed by atoms with E-state index >= 15 is 0 Å². The van der Waals surface area contributed by atoms with Gasteiger partial charge in [-0.25, -0.2) is 0 Å². The molecule has 1 fully saturated rings. The highest BCUT2D eigenvalue weighted by molar-refractivity contribution is 7.10. The maximum Gasteiger partial charge on any atom is 0.163 e. The summed E-state index contributed by atoms with van der Waals surface area (Å²) in [4.78, 5) is 3.89. The van der Waals surface area contributed by atoms with Crippen LogP contribution >= 0.6 is 11.3 Å². The van der Waals surface area contributed by atoms with E-state index in [4.69, 9.17) is 4.42 Å². The molecule has 1 N–H and O–H groups in total. The van der Waals surface area contributed by atoms with Crippen molar-refractivity contribution in [2.45, 2.75) is 58.3 Å². The molecule has 0 atom stereocenters. The van der Waals surface area contributed by atoms with E-state index in [0.29, 0.717) is 22.9 Å². The highest BCUT2D eigenvalue weighted by Gasteiger charge is 2.35. The predicted molar refractivity (Wildman–Crippen MR) is 104 cm³/mol. The standard InChI is InChI=1S/C21H27NO2S/c1-14(2)21(23,15(3)4)20-9-8-18(24-20)12-22(17-6-7-17)13-19-16(5)10-11-25-19/h8-11,17,23H,1,3,6-7,12-13H2,2,4-5H3. The molecule has 2 aromatic heterocycles. The molecule has 0 aliphatic heterocycles. The van der Waals surface area contributed by atoms with Crippen LogP contribution in [0.4, 0.5) is 0 Å². The molecule has 0 aromatic carbocycles. The lowest BCUT2D eigenvalue weighted by atomic mass is 9.87. The van der Waals surface area contributed by atoms with Crippen molar-refractivity contribution in [1.29, 1.82) is 0 Å². The van der Waals surface area contributed by atoms with Gasteiger partial charge in [0.1, 0.15) is 11.5 Å². The fourth-order valence-electron chi connectivity index (χ4n) is 3.15. The van der Waals surface area contributed by atoms with Crippen molar-refractivity contribution >= 4 is 11.3 Å². The van der Waals surface area contributed by atoms with Crippen LogP contribution in [0.1, 0.15) is 48.7 Å². The zero-order valence-electron chi connectivity index (χ0n) is 15.3. The van der Waals surface area contributed by atoms with Crippen molar-refractivity contribution in [3.8, 4) is 0 Å². The van der Waals surface area contributed by atoms with Gasteiger partial charge in [0.25, 0.3) is 0 Å². The Labute approximate surface area is 154 Å². The molecule has 2 heterocycles. The van der Waals surface area contributed by atoms with Crippen LogP contribution in [-0.2, 0) is 18.7 Å². The van der Waals surface area contributed by atoms with Crippen LogP contribution in [-0.4, -0.2) is 16.0 Å². The molecule has 0 bridgehead atoms. The normalized spacial score (nSPS) is 14.9. The minimum atomic E-state index is -1.30. The molecule has 1 saturated carbocycles. The van der Waals surface area contributed by atoms with Crippen molar-refractivity contribution in [2.24, 2.45) is 0 Å². The van der Waals surface area contributed by atoms with Gasteiger partial charge in [0.05, 0.1) is 6.54 Å². The summed E-state index contributed by atoms with van der Waals surface area (Å²) in [5.74, 6) is 1.38. The average Bonchev–Trinajstić information content (AvgIpc) is 3.17. The smallest absolute Gasteiger partial charge is 0.163 e. The number of aliphatic hydroxyl groups is 1. The minimum absolute atomic E-state index is 0.505. The van der Waals surface area contributed by atoms with Gasteiger partial charge in [0.2, 0.25) is 0 Å². The highest BCUT2D eigenvalue weighted by atomic mass is 32.1. The monoisotopic (exact) mass is 357 g/mol. The number of rotatable bonds is 8. The van der Waals surface area contributed by atoms with Gasteiger partial charge in [-0.3, -0.25) is 4.90 Å². The molecule has 0 amide bonds. The predicted octanol–water partition coefficient (Wildman–Crippen LogP) is 5.15. The number of furan rings is 1. The molecule has 2 aromatic rings. The van der Waals surface area contributed by atoms with Crippen LogP contribution in [0.5, 0.6) is 0 Å². The summed E-state index contributed by atoms with van der Waals surface area (Å²) in [6, 6.07) is 6.62. The molecule has 134 valence electrons. The van der Waals surface area contributed by atoms with E-state index in [-0.39, 0.29) is 0 Å². The van der Waals surface area contributed by atoms with Crippen molar-refractivity contribution in [2.75, 3.05) is 0 Å². The van der Waals surface area contributed by atoms with Gasteiger partial charge in [0.15, 0.2) is 5.60 Å². The van der Waals surface area contributed by atoms with Crippen LogP contribution < -0.4 is 0 Å². The van der Waals surface area contributed by atoms with Crippen molar-refractivity contribution in [3.63, 3.8) is 0 Å². The van der Waals surface area contributed by atoms with Gasteiger partial charge < -0.3 is 9.52 Å². The zero-order valence-corrected chi connectivity index (χ0v) is 16.2. The summed E-state index contributed by atoms with van der Waals surface area (Å²) >= 11 is 1.82. The molecule has 3 nitrogen and oxygen atoms in total. The molecule has 1 aliphatic rings. The van der Waals surface area contributed by atoms with E-state index in [2.05, 4.69) is 36.4 Å². The van der Waals surface area contributed by atoms with Crippen molar-refractivity contribution < 1.29 is 9.52 Å². The minimum Gasteiger partial charge on any atom is -0.461 e. The molecular formula is C21H27NO2S. The van der Waals surface area contributed by atoms with E-state index in [1.165, 1.54) is 23.3 Å². The SMILES string of the molecule is C=C(C)C(O)(C(=C)C)c1ccc(CN(Cc2sccc2C)C2CC2)o1. The molecule has 0 spiro atoms. The van der Waals surface area contributed by atoms with Gasteiger partial charge in [-0.05, 0) is 73.9 Å². The van der Waals surface area contributed by atoms with Crippen LogP contribution in [0.2, 0.25) is 0 Å². The van der Waals surface area contributed by atoms with Crippen molar-refractivity contribution in [1.82, 2.24) is 4.90 Å². The van der Waals surface area contributed by atoms with Gasteiger partial charge in [-0.1, -0.05) is 13.2 Å². The second-order valence-corrected chi connectivity index (χ2v) is 8.20. The fourth-order valence-corrected chi connectivity index (χ4v) is 4.08. The number of thiophene rings is 1. The Balaban J connectivity index is 1.78. The van der Waals surface area contributed by atoms with Gasteiger partial charge in [-0.15, -0.1) is 11.3 Å². The first kappa shape index (κ1) is 18.2. The Hall–Kier alpha value is -1.62. The first-order valence-corrected chi connectivity index (χ1v) is 9.61. The number of hydrogen-bond donors (Lipinski definition) is 1.